The zero-order valence-electron chi connectivity index (χ0n) is 7.82. The second kappa shape index (κ2) is 4.85. The molecule has 4 nitrogen and oxygen atoms in total. The average Bonchev–Trinajstić information content (AvgIpc) is 2.48. The molecule has 1 rings (SSSR count). The van der Waals surface area contributed by atoms with Crippen molar-refractivity contribution in [1.29, 1.82) is 0 Å². The van der Waals surface area contributed by atoms with E-state index in [9.17, 15) is 9.59 Å². The van der Waals surface area contributed by atoms with Crippen molar-refractivity contribution in [1.82, 2.24) is 4.98 Å². The molecule has 1 heterocycles. The maximum absolute atomic E-state index is 11.2. The maximum Gasteiger partial charge on any atom is 0.303 e. The molecule has 0 aliphatic carbocycles. The fourth-order valence-electron chi connectivity index (χ4n) is 0.987. The van der Waals surface area contributed by atoms with Crippen LogP contribution in [0.15, 0.2) is 5.38 Å². The molecule has 5 heteroatoms. The van der Waals surface area contributed by atoms with Crippen molar-refractivity contribution in [2.45, 2.75) is 26.2 Å². The maximum atomic E-state index is 11.2. The fraction of sp³-hybridized carbons (Fsp3) is 0.444. The van der Waals surface area contributed by atoms with Crippen LogP contribution < -0.4 is 0 Å². The minimum Gasteiger partial charge on any atom is -0.481 e. The second-order valence-electron chi connectivity index (χ2n) is 2.99. The smallest absolute Gasteiger partial charge is 0.303 e. The molecule has 0 saturated carbocycles. The highest BCUT2D eigenvalue weighted by Crippen LogP contribution is 2.10. The molecule has 76 valence electrons. The van der Waals surface area contributed by atoms with E-state index in [1.807, 2.05) is 12.3 Å². The lowest BCUT2D eigenvalue weighted by Gasteiger charge is -1.94. The zero-order chi connectivity index (χ0) is 10.6. The minimum absolute atomic E-state index is 0.0678. The normalized spacial score (nSPS) is 10.1. The number of hydrogen-bond acceptors (Lipinski definition) is 4. The van der Waals surface area contributed by atoms with E-state index in [1.165, 1.54) is 11.3 Å². The van der Waals surface area contributed by atoms with Gasteiger partial charge in [-0.05, 0) is 6.92 Å². The Morgan fingerprint density at radius 3 is 2.71 bits per heavy atom. The van der Waals surface area contributed by atoms with Crippen LogP contribution in [0.3, 0.4) is 0 Å². The summed E-state index contributed by atoms with van der Waals surface area (Å²) in [4.78, 5) is 25.6. The number of aromatic nitrogens is 1. The number of aliphatic carboxylic acids is 1. The Bertz CT molecular complexity index is 346. The first-order chi connectivity index (χ1) is 6.58. The third-order valence-electron chi connectivity index (χ3n) is 1.63. The molecule has 0 aliphatic heterocycles. The Balaban J connectivity index is 2.37. The van der Waals surface area contributed by atoms with Gasteiger partial charge in [0.1, 0.15) is 10.8 Å². The van der Waals surface area contributed by atoms with E-state index in [4.69, 9.17) is 5.11 Å². The molecule has 0 amide bonds. The molecule has 14 heavy (non-hydrogen) atoms. The van der Waals surface area contributed by atoms with E-state index in [1.54, 1.807) is 0 Å². The first-order valence-corrected chi connectivity index (χ1v) is 5.10. The Labute approximate surface area is 85.6 Å². The Morgan fingerprint density at radius 1 is 1.50 bits per heavy atom. The molecule has 0 spiro atoms. The summed E-state index contributed by atoms with van der Waals surface area (Å²) in [7, 11) is 0. The lowest BCUT2D eigenvalue weighted by atomic mass is 10.2. The third kappa shape index (κ3) is 3.66. The topological polar surface area (TPSA) is 67.3 Å². The largest absolute Gasteiger partial charge is 0.481 e. The van der Waals surface area contributed by atoms with Crippen LogP contribution in [0.2, 0.25) is 0 Å². The van der Waals surface area contributed by atoms with E-state index in [0.717, 1.165) is 10.7 Å². The van der Waals surface area contributed by atoms with Gasteiger partial charge in [0.15, 0.2) is 0 Å². The van der Waals surface area contributed by atoms with Crippen LogP contribution in [-0.2, 0) is 16.0 Å². The van der Waals surface area contributed by atoms with Crippen LogP contribution in [0.1, 0.15) is 23.5 Å². The van der Waals surface area contributed by atoms with E-state index in [0.29, 0.717) is 0 Å². The number of rotatable bonds is 5. The number of carbonyl (C=O) groups is 2. The standard InChI is InChI=1S/C9H11NO3S/c1-6-5-14-8(10-6)4-7(11)2-3-9(12)13/h5H,2-4H2,1H3,(H,12,13). The van der Waals surface area contributed by atoms with Crippen molar-refractivity contribution in [2.75, 3.05) is 0 Å². The molecule has 0 bridgehead atoms. The van der Waals surface area contributed by atoms with E-state index in [2.05, 4.69) is 4.98 Å². The number of ketones is 1. The highest BCUT2D eigenvalue weighted by atomic mass is 32.1. The predicted octanol–water partition coefficient (Wildman–Crippen LogP) is 1.43. The molecular weight excluding hydrogens is 202 g/mol. The van der Waals surface area contributed by atoms with Crippen LogP contribution in [0, 0.1) is 6.92 Å². The summed E-state index contributed by atoms with van der Waals surface area (Å²) in [5.74, 6) is -1.00. The Hall–Kier alpha value is -1.23. The number of nitrogens with zero attached hydrogens (tertiary/aromatic N) is 1. The number of Topliss-reactive ketones (excluding diaryl/α,β-unsaturated/α-hetero) is 1. The number of carboxylic acid groups (broad SMARTS) is 1. The summed E-state index contributed by atoms with van der Waals surface area (Å²) in [6.07, 6.45) is 0.253. The van der Waals surface area contributed by atoms with Gasteiger partial charge < -0.3 is 5.11 Å². The van der Waals surface area contributed by atoms with Gasteiger partial charge >= 0.3 is 5.97 Å². The molecule has 0 aliphatic rings. The van der Waals surface area contributed by atoms with Gasteiger partial charge in [-0.3, -0.25) is 9.59 Å². The number of hydrogen-bond donors (Lipinski definition) is 1. The SMILES string of the molecule is Cc1csc(CC(=O)CCC(=O)O)n1. The lowest BCUT2D eigenvalue weighted by Crippen LogP contribution is -2.05. The second-order valence-corrected chi connectivity index (χ2v) is 3.93. The van der Waals surface area contributed by atoms with Gasteiger partial charge in [0.2, 0.25) is 0 Å². The van der Waals surface area contributed by atoms with Gasteiger partial charge in [-0.2, -0.15) is 0 Å². The summed E-state index contributed by atoms with van der Waals surface area (Å²) in [5, 5.41) is 11.0. The molecule has 1 aromatic heterocycles. The lowest BCUT2D eigenvalue weighted by molar-refractivity contribution is -0.138. The van der Waals surface area contributed by atoms with Crippen molar-refractivity contribution >= 4 is 23.1 Å². The molecule has 0 aromatic carbocycles. The van der Waals surface area contributed by atoms with E-state index < -0.39 is 5.97 Å². The van der Waals surface area contributed by atoms with Crippen molar-refractivity contribution < 1.29 is 14.7 Å². The van der Waals surface area contributed by atoms with Crippen LogP contribution in [0.5, 0.6) is 0 Å². The molecule has 0 radical (unpaired) electrons. The predicted molar refractivity (Wildman–Crippen MR) is 52.4 cm³/mol. The van der Waals surface area contributed by atoms with Gasteiger partial charge in [0, 0.05) is 17.5 Å². The Kier molecular flexibility index (Phi) is 3.76. The van der Waals surface area contributed by atoms with Crippen LogP contribution in [0.4, 0.5) is 0 Å². The van der Waals surface area contributed by atoms with Gasteiger partial charge in [-0.15, -0.1) is 11.3 Å². The molecule has 0 atom stereocenters. The van der Waals surface area contributed by atoms with Crippen LogP contribution in [0.25, 0.3) is 0 Å². The molecule has 1 aromatic rings. The number of thiazole rings is 1. The number of carboxylic acids is 1. The quantitative estimate of drug-likeness (QED) is 0.803. The summed E-state index contributed by atoms with van der Waals surface area (Å²) < 4.78 is 0. The zero-order valence-corrected chi connectivity index (χ0v) is 8.63. The monoisotopic (exact) mass is 213 g/mol. The molecule has 0 saturated heterocycles. The van der Waals surface area contributed by atoms with Crippen LogP contribution >= 0.6 is 11.3 Å². The molecule has 0 fully saturated rings. The average molecular weight is 213 g/mol. The van der Waals surface area contributed by atoms with Crippen molar-refractivity contribution in [2.24, 2.45) is 0 Å². The highest BCUT2D eigenvalue weighted by Gasteiger charge is 2.08. The van der Waals surface area contributed by atoms with Gasteiger partial charge in [0.25, 0.3) is 0 Å². The first kappa shape index (κ1) is 10.8. The van der Waals surface area contributed by atoms with Gasteiger partial charge in [-0.1, -0.05) is 0 Å². The highest BCUT2D eigenvalue weighted by molar-refractivity contribution is 7.09. The number of aryl methyl sites for hydroxylation is 1. The summed E-state index contributed by atoms with van der Waals surface area (Å²) in [5.41, 5.74) is 0.899. The van der Waals surface area contributed by atoms with Crippen LogP contribution in [-0.4, -0.2) is 21.8 Å². The van der Waals surface area contributed by atoms with Gasteiger partial charge in [-0.25, -0.2) is 4.98 Å². The Morgan fingerprint density at radius 2 is 2.21 bits per heavy atom. The van der Waals surface area contributed by atoms with Crippen molar-refractivity contribution in [3.63, 3.8) is 0 Å². The summed E-state index contributed by atoms with van der Waals surface area (Å²) in [6, 6.07) is 0. The van der Waals surface area contributed by atoms with E-state index >= 15 is 0 Å². The molecule has 1 N–H and O–H groups in total. The molecule has 0 unspecified atom stereocenters. The molecular formula is C9H11NO3S. The summed E-state index contributed by atoms with van der Waals surface area (Å²) >= 11 is 1.43. The first-order valence-electron chi connectivity index (χ1n) is 4.22. The minimum atomic E-state index is -0.936. The van der Waals surface area contributed by atoms with Gasteiger partial charge in [0.05, 0.1) is 12.8 Å². The summed E-state index contributed by atoms with van der Waals surface area (Å²) in [6.45, 7) is 1.86. The fourth-order valence-corrected chi connectivity index (χ4v) is 1.79. The van der Waals surface area contributed by atoms with Crippen molar-refractivity contribution in [3.8, 4) is 0 Å². The number of carbonyl (C=O) groups excluding carboxylic acids is 1. The third-order valence-corrected chi connectivity index (χ3v) is 2.60. The van der Waals surface area contributed by atoms with Crippen molar-refractivity contribution in [3.05, 3.63) is 16.1 Å². The van der Waals surface area contributed by atoms with E-state index in [-0.39, 0.29) is 25.0 Å².